The van der Waals surface area contributed by atoms with Gasteiger partial charge < -0.3 is 9.55 Å². The third-order valence-electron chi connectivity index (χ3n) is 3.77. The molecular formula is C17H18N2S. The molecule has 0 atom stereocenters. The van der Waals surface area contributed by atoms with Crippen molar-refractivity contribution in [3.63, 3.8) is 0 Å². The summed E-state index contributed by atoms with van der Waals surface area (Å²) in [5.41, 5.74) is 6.21. The van der Waals surface area contributed by atoms with Gasteiger partial charge in [-0.2, -0.15) is 0 Å². The minimum absolute atomic E-state index is 0.786. The molecule has 0 aliphatic heterocycles. The van der Waals surface area contributed by atoms with Crippen molar-refractivity contribution < 1.29 is 0 Å². The lowest BCUT2D eigenvalue weighted by atomic mass is 10.1. The maximum absolute atomic E-state index is 5.47. The van der Waals surface area contributed by atoms with Gasteiger partial charge in [0.05, 0.1) is 17.6 Å². The summed E-state index contributed by atoms with van der Waals surface area (Å²) in [6.07, 6.45) is 1.08. The number of aromatic nitrogens is 2. The molecule has 102 valence electrons. The Morgan fingerprint density at radius 3 is 2.45 bits per heavy atom. The van der Waals surface area contributed by atoms with E-state index in [9.17, 15) is 0 Å². The molecule has 0 radical (unpaired) electrons. The van der Waals surface area contributed by atoms with Crippen LogP contribution >= 0.6 is 12.2 Å². The Bertz CT molecular complexity index is 794. The summed E-state index contributed by atoms with van der Waals surface area (Å²) in [4.78, 5) is 3.29. The molecule has 3 aromatic rings. The average molecular weight is 282 g/mol. The molecule has 3 heteroatoms. The van der Waals surface area contributed by atoms with Crippen molar-refractivity contribution in [3.8, 4) is 0 Å². The molecule has 0 bridgehead atoms. The van der Waals surface area contributed by atoms with Gasteiger partial charge in [0.2, 0.25) is 0 Å². The van der Waals surface area contributed by atoms with E-state index < -0.39 is 0 Å². The summed E-state index contributed by atoms with van der Waals surface area (Å²) < 4.78 is 2.97. The van der Waals surface area contributed by atoms with Gasteiger partial charge in [0, 0.05) is 0 Å². The highest BCUT2D eigenvalue weighted by Crippen LogP contribution is 2.19. The fourth-order valence-electron chi connectivity index (χ4n) is 2.62. The van der Waals surface area contributed by atoms with Crippen LogP contribution in [0.15, 0.2) is 42.5 Å². The first-order valence-corrected chi connectivity index (χ1v) is 7.36. The van der Waals surface area contributed by atoms with Gasteiger partial charge in [0.25, 0.3) is 0 Å². The van der Waals surface area contributed by atoms with E-state index in [4.69, 9.17) is 12.2 Å². The van der Waals surface area contributed by atoms with Crippen molar-refractivity contribution in [3.05, 3.63) is 63.9 Å². The molecule has 0 spiro atoms. The number of imidazole rings is 1. The Morgan fingerprint density at radius 2 is 1.75 bits per heavy atom. The molecule has 3 rings (SSSR count). The number of benzene rings is 2. The van der Waals surface area contributed by atoms with E-state index in [0.717, 1.165) is 23.3 Å². The van der Waals surface area contributed by atoms with E-state index in [0.29, 0.717) is 0 Å². The van der Waals surface area contributed by atoms with Gasteiger partial charge in [-0.1, -0.05) is 43.3 Å². The van der Waals surface area contributed by atoms with Crippen molar-refractivity contribution >= 4 is 23.3 Å². The zero-order valence-corrected chi connectivity index (χ0v) is 12.6. The highest BCUT2D eigenvalue weighted by Gasteiger charge is 2.07. The quantitative estimate of drug-likeness (QED) is 0.695. The lowest BCUT2D eigenvalue weighted by Gasteiger charge is -2.07. The fourth-order valence-corrected chi connectivity index (χ4v) is 2.88. The number of nitrogens with one attached hydrogen (secondary N) is 1. The van der Waals surface area contributed by atoms with Gasteiger partial charge in [-0.3, -0.25) is 0 Å². The van der Waals surface area contributed by atoms with Gasteiger partial charge in [-0.05, 0) is 48.3 Å². The number of H-pyrrole nitrogens is 1. The van der Waals surface area contributed by atoms with E-state index >= 15 is 0 Å². The topological polar surface area (TPSA) is 20.7 Å². The van der Waals surface area contributed by atoms with Crippen LogP contribution in [0.2, 0.25) is 0 Å². The third-order valence-corrected chi connectivity index (χ3v) is 4.09. The van der Waals surface area contributed by atoms with Crippen molar-refractivity contribution in [2.24, 2.45) is 0 Å². The second kappa shape index (κ2) is 5.25. The van der Waals surface area contributed by atoms with Gasteiger partial charge in [-0.25, -0.2) is 0 Å². The van der Waals surface area contributed by atoms with Gasteiger partial charge in [0.1, 0.15) is 0 Å². The molecule has 0 fully saturated rings. The first-order chi connectivity index (χ1) is 9.69. The normalized spacial score (nSPS) is 11.1. The largest absolute Gasteiger partial charge is 0.331 e. The molecule has 0 saturated heterocycles. The average Bonchev–Trinajstić information content (AvgIpc) is 2.77. The van der Waals surface area contributed by atoms with Crippen LogP contribution in [-0.4, -0.2) is 9.55 Å². The first kappa shape index (κ1) is 13.1. The maximum Gasteiger partial charge on any atom is 0.178 e. The third kappa shape index (κ3) is 2.29. The van der Waals surface area contributed by atoms with Gasteiger partial charge in [-0.15, -0.1) is 0 Å². The molecule has 2 aromatic carbocycles. The summed E-state index contributed by atoms with van der Waals surface area (Å²) in [6.45, 7) is 5.11. The second-order valence-corrected chi connectivity index (χ2v) is 5.54. The molecule has 20 heavy (non-hydrogen) atoms. The monoisotopic (exact) mass is 282 g/mol. The number of hydrogen-bond acceptors (Lipinski definition) is 1. The Kier molecular flexibility index (Phi) is 3.45. The lowest BCUT2D eigenvalue weighted by Crippen LogP contribution is -2.00. The molecule has 2 nitrogen and oxygen atoms in total. The first-order valence-electron chi connectivity index (χ1n) is 6.95. The predicted molar refractivity (Wildman–Crippen MR) is 86.8 cm³/mol. The highest BCUT2D eigenvalue weighted by molar-refractivity contribution is 7.71. The predicted octanol–water partition coefficient (Wildman–Crippen LogP) is 4.62. The van der Waals surface area contributed by atoms with E-state index in [1.165, 1.54) is 22.2 Å². The Hall–Kier alpha value is -1.87. The van der Waals surface area contributed by atoms with Crippen LogP contribution in [0.3, 0.4) is 0 Å². The number of para-hydroxylation sites is 1. The SMILES string of the molecule is CCc1ccc(Cn2c(=S)[nH]c3cccc(C)c32)cc1. The van der Waals surface area contributed by atoms with Crippen molar-refractivity contribution in [1.82, 2.24) is 9.55 Å². The van der Waals surface area contributed by atoms with Gasteiger partial charge >= 0.3 is 0 Å². The standard InChI is InChI=1S/C17H18N2S/c1-3-13-7-9-14(10-8-13)11-19-16-12(2)5-4-6-15(16)18-17(19)20/h4-10H,3,11H2,1-2H3,(H,18,20). The summed E-state index contributed by atoms with van der Waals surface area (Å²) in [6, 6.07) is 15.0. The zero-order chi connectivity index (χ0) is 14.1. The fraction of sp³-hybridized carbons (Fsp3) is 0.235. The number of hydrogen-bond donors (Lipinski definition) is 1. The summed E-state index contributed by atoms with van der Waals surface area (Å²) in [7, 11) is 0. The summed E-state index contributed by atoms with van der Waals surface area (Å²) >= 11 is 5.47. The van der Waals surface area contributed by atoms with E-state index in [1.807, 2.05) is 0 Å². The van der Waals surface area contributed by atoms with Crippen LogP contribution in [0.4, 0.5) is 0 Å². The molecule has 0 saturated carbocycles. The van der Waals surface area contributed by atoms with E-state index in [1.54, 1.807) is 0 Å². The summed E-state index contributed by atoms with van der Waals surface area (Å²) in [5, 5.41) is 0. The van der Waals surface area contributed by atoms with Crippen LogP contribution in [0.5, 0.6) is 0 Å². The Labute approximate surface area is 124 Å². The smallest absolute Gasteiger partial charge is 0.178 e. The van der Waals surface area contributed by atoms with E-state index in [-0.39, 0.29) is 0 Å². The van der Waals surface area contributed by atoms with Crippen LogP contribution in [-0.2, 0) is 13.0 Å². The number of aromatic amines is 1. The lowest BCUT2D eigenvalue weighted by molar-refractivity contribution is 0.807. The highest BCUT2D eigenvalue weighted by atomic mass is 32.1. The number of fused-ring (bicyclic) bond motifs is 1. The van der Waals surface area contributed by atoms with Crippen molar-refractivity contribution in [2.75, 3.05) is 0 Å². The molecule has 0 aliphatic carbocycles. The number of nitrogens with zero attached hydrogens (tertiary/aromatic N) is 1. The molecular weight excluding hydrogens is 264 g/mol. The van der Waals surface area contributed by atoms with Crippen LogP contribution in [0, 0.1) is 11.7 Å². The molecule has 1 N–H and O–H groups in total. The van der Waals surface area contributed by atoms with Crippen molar-refractivity contribution in [2.45, 2.75) is 26.8 Å². The zero-order valence-electron chi connectivity index (χ0n) is 11.8. The molecule has 1 heterocycles. The Morgan fingerprint density at radius 1 is 1.05 bits per heavy atom. The molecule has 1 aromatic heterocycles. The van der Waals surface area contributed by atoms with E-state index in [2.05, 4.69) is 65.9 Å². The second-order valence-electron chi connectivity index (χ2n) is 5.16. The van der Waals surface area contributed by atoms with Gasteiger partial charge in [0.15, 0.2) is 4.77 Å². The summed E-state index contributed by atoms with van der Waals surface area (Å²) in [5.74, 6) is 0. The minimum Gasteiger partial charge on any atom is -0.331 e. The molecule has 0 aliphatic rings. The molecule has 0 amide bonds. The maximum atomic E-state index is 5.47. The van der Waals surface area contributed by atoms with Crippen LogP contribution in [0.1, 0.15) is 23.6 Å². The number of aryl methyl sites for hydroxylation is 2. The minimum atomic E-state index is 0.786. The van der Waals surface area contributed by atoms with Crippen LogP contribution in [0.25, 0.3) is 11.0 Å². The Balaban J connectivity index is 2.05. The number of rotatable bonds is 3. The van der Waals surface area contributed by atoms with Crippen LogP contribution < -0.4 is 0 Å². The molecule has 0 unspecified atom stereocenters. The van der Waals surface area contributed by atoms with Crippen molar-refractivity contribution in [1.29, 1.82) is 0 Å².